The van der Waals surface area contributed by atoms with E-state index in [1.165, 1.54) is 12.1 Å². The monoisotopic (exact) mass is 301 g/mol. The topological polar surface area (TPSA) is 30.7 Å². The summed E-state index contributed by atoms with van der Waals surface area (Å²) in [5.41, 5.74) is 2.73. The Hall–Kier alpha value is -2.20. The van der Waals surface area contributed by atoms with Crippen LogP contribution in [0.3, 0.4) is 0 Å². The molecule has 0 spiro atoms. The summed E-state index contributed by atoms with van der Waals surface area (Å²) in [5.74, 6) is 1.13. The lowest BCUT2D eigenvalue weighted by molar-refractivity contribution is 0.626. The fraction of sp³-hybridized carbons (Fsp3) is 0.125. The summed E-state index contributed by atoms with van der Waals surface area (Å²) < 4.78 is 15.3. The van der Waals surface area contributed by atoms with Crippen LogP contribution in [0.25, 0.3) is 17.1 Å². The number of aromatic nitrogens is 3. The number of aryl methyl sites for hydroxylation is 1. The van der Waals surface area contributed by atoms with Gasteiger partial charge < -0.3 is 0 Å². The lowest BCUT2D eigenvalue weighted by Gasteiger charge is -2.09. The van der Waals surface area contributed by atoms with Crippen LogP contribution in [-0.2, 0) is 5.88 Å². The van der Waals surface area contributed by atoms with Gasteiger partial charge in [0.25, 0.3) is 0 Å². The van der Waals surface area contributed by atoms with Gasteiger partial charge in [0.15, 0.2) is 11.6 Å². The molecule has 5 heteroatoms. The molecule has 0 saturated heterocycles. The minimum absolute atomic E-state index is 0.204. The maximum absolute atomic E-state index is 13.5. The highest BCUT2D eigenvalue weighted by molar-refractivity contribution is 6.16. The number of alkyl halides is 1. The van der Waals surface area contributed by atoms with Crippen molar-refractivity contribution in [2.24, 2.45) is 0 Å². The molecule has 3 aromatic rings. The van der Waals surface area contributed by atoms with Gasteiger partial charge in [0.1, 0.15) is 5.82 Å². The number of hydrogen-bond donors (Lipinski definition) is 0. The van der Waals surface area contributed by atoms with Gasteiger partial charge in [-0.05, 0) is 25.1 Å². The molecular formula is C16H13ClFN3. The number of nitrogens with zero attached hydrogens (tertiary/aromatic N) is 3. The minimum Gasteiger partial charge on any atom is -0.278 e. The van der Waals surface area contributed by atoms with Crippen LogP contribution in [0, 0.1) is 12.7 Å². The summed E-state index contributed by atoms with van der Waals surface area (Å²) in [5, 5.41) is 8.30. The first kappa shape index (κ1) is 13.8. The van der Waals surface area contributed by atoms with Gasteiger partial charge in [-0.15, -0.1) is 21.8 Å². The van der Waals surface area contributed by atoms with Crippen molar-refractivity contribution < 1.29 is 4.39 Å². The maximum Gasteiger partial charge on any atom is 0.168 e. The Kier molecular flexibility index (Phi) is 3.71. The quantitative estimate of drug-likeness (QED) is 0.681. The van der Waals surface area contributed by atoms with Crippen molar-refractivity contribution in [3.63, 3.8) is 0 Å². The first-order chi connectivity index (χ1) is 10.2. The molecular weight excluding hydrogens is 289 g/mol. The van der Waals surface area contributed by atoms with Crippen LogP contribution >= 0.6 is 11.6 Å². The molecule has 3 nitrogen and oxygen atoms in total. The Labute approximate surface area is 127 Å². The predicted molar refractivity (Wildman–Crippen MR) is 81.0 cm³/mol. The number of benzene rings is 2. The third kappa shape index (κ3) is 2.67. The normalized spacial score (nSPS) is 10.8. The van der Waals surface area contributed by atoms with Crippen LogP contribution in [0.5, 0.6) is 0 Å². The number of rotatable bonds is 3. The smallest absolute Gasteiger partial charge is 0.168 e. The number of hydrogen-bond acceptors (Lipinski definition) is 2. The summed E-state index contributed by atoms with van der Waals surface area (Å²) in [6.45, 7) is 2.02. The second kappa shape index (κ2) is 5.66. The summed E-state index contributed by atoms with van der Waals surface area (Å²) in [4.78, 5) is 0. The van der Waals surface area contributed by atoms with E-state index in [0.29, 0.717) is 17.3 Å². The molecule has 0 aliphatic rings. The van der Waals surface area contributed by atoms with E-state index >= 15 is 0 Å². The van der Waals surface area contributed by atoms with Gasteiger partial charge in [-0.25, -0.2) is 4.39 Å². The second-order valence-electron chi connectivity index (χ2n) is 4.75. The first-order valence-electron chi connectivity index (χ1n) is 6.52. The lowest BCUT2D eigenvalue weighted by atomic mass is 10.1. The zero-order chi connectivity index (χ0) is 14.8. The molecule has 106 valence electrons. The third-order valence-electron chi connectivity index (χ3n) is 3.23. The maximum atomic E-state index is 13.5. The Morgan fingerprint density at radius 1 is 1.10 bits per heavy atom. The molecule has 1 heterocycles. The van der Waals surface area contributed by atoms with Crippen molar-refractivity contribution in [2.45, 2.75) is 12.8 Å². The molecule has 21 heavy (non-hydrogen) atoms. The molecule has 1 aromatic heterocycles. The molecule has 0 aliphatic heterocycles. The SMILES string of the molecule is Cc1ccc(-c2nnc(CCl)n2-c2cccc(F)c2)cc1. The average molecular weight is 302 g/mol. The van der Waals surface area contributed by atoms with Gasteiger partial charge in [-0.1, -0.05) is 35.9 Å². The van der Waals surface area contributed by atoms with Gasteiger partial charge >= 0.3 is 0 Å². The fourth-order valence-corrected chi connectivity index (χ4v) is 2.35. The van der Waals surface area contributed by atoms with Gasteiger partial charge in [-0.3, -0.25) is 4.57 Å². The Balaban J connectivity index is 2.19. The Bertz CT molecular complexity index is 765. The van der Waals surface area contributed by atoms with Gasteiger partial charge in [0.2, 0.25) is 0 Å². The highest BCUT2D eigenvalue weighted by Gasteiger charge is 2.15. The fourth-order valence-electron chi connectivity index (χ4n) is 2.18. The molecule has 2 aromatic carbocycles. The van der Waals surface area contributed by atoms with Gasteiger partial charge in [0.05, 0.1) is 11.6 Å². The van der Waals surface area contributed by atoms with Crippen LogP contribution in [-0.4, -0.2) is 14.8 Å². The van der Waals surface area contributed by atoms with Crippen LogP contribution in [0.2, 0.25) is 0 Å². The van der Waals surface area contributed by atoms with E-state index in [9.17, 15) is 4.39 Å². The zero-order valence-electron chi connectivity index (χ0n) is 11.4. The summed E-state index contributed by atoms with van der Waals surface area (Å²) in [7, 11) is 0. The molecule has 0 atom stereocenters. The highest BCUT2D eigenvalue weighted by Crippen LogP contribution is 2.24. The molecule has 0 amide bonds. The second-order valence-corrected chi connectivity index (χ2v) is 5.02. The van der Waals surface area contributed by atoms with Crippen molar-refractivity contribution in [1.29, 1.82) is 0 Å². The standard InChI is InChI=1S/C16H13ClFN3/c1-11-5-7-12(8-6-11)16-20-19-15(10-17)21(16)14-4-2-3-13(18)9-14/h2-9H,10H2,1H3. The van der Waals surface area contributed by atoms with Gasteiger partial charge in [0, 0.05) is 5.56 Å². The summed E-state index contributed by atoms with van der Waals surface area (Å²) in [6, 6.07) is 14.2. The molecule has 0 aliphatic carbocycles. The van der Waals surface area contributed by atoms with Crippen molar-refractivity contribution in [3.8, 4) is 17.1 Å². The van der Waals surface area contributed by atoms with E-state index in [-0.39, 0.29) is 11.7 Å². The number of halogens is 2. The van der Waals surface area contributed by atoms with E-state index in [1.54, 1.807) is 16.7 Å². The summed E-state index contributed by atoms with van der Waals surface area (Å²) in [6.07, 6.45) is 0. The Morgan fingerprint density at radius 3 is 2.52 bits per heavy atom. The van der Waals surface area contributed by atoms with Crippen LogP contribution in [0.4, 0.5) is 4.39 Å². The zero-order valence-corrected chi connectivity index (χ0v) is 12.2. The lowest BCUT2D eigenvalue weighted by Crippen LogP contribution is -2.02. The molecule has 3 rings (SSSR count). The van der Waals surface area contributed by atoms with Crippen LogP contribution in [0.1, 0.15) is 11.4 Å². The molecule has 0 radical (unpaired) electrons. The van der Waals surface area contributed by atoms with E-state index in [0.717, 1.165) is 11.1 Å². The van der Waals surface area contributed by atoms with Crippen molar-refractivity contribution in [1.82, 2.24) is 14.8 Å². The molecule has 0 unspecified atom stereocenters. The van der Waals surface area contributed by atoms with E-state index in [4.69, 9.17) is 11.6 Å². The van der Waals surface area contributed by atoms with Crippen molar-refractivity contribution in [3.05, 3.63) is 65.7 Å². The van der Waals surface area contributed by atoms with E-state index < -0.39 is 0 Å². The van der Waals surface area contributed by atoms with Gasteiger partial charge in [-0.2, -0.15) is 0 Å². The molecule has 0 fully saturated rings. The van der Waals surface area contributed by atoms with Crippen LogP contribution in [0.15, 0.2) is 48.5 Å². The van der Waals surface area contributed by atoms with Crippen molar-refractivity contribution in [2.75, 3.05) is 0 Å². The molecule has 0 N–H and O–H groups in total. The average Bonchev–Trinajstić information content (AvgIpc) is 2.92. The third-order valence-corrected chi connectivity index (χ3v) is 3.46. The minimum atomic E-state index is -0.309. The van der Waals surface area contributed by atoms with E-state index in [1.807, 2.05) is 31.2 Å². The molecule has 0 saturated carbocycles. The summed E-state index contributed by atoms with van der Waals surface area (Å²) >= 11 is 5.93. The van der Waals surface area contributed by atoms with Crippen LogP contribution < -0.4 is 0 Å². The predicted octanol–water partition coefficient (Wildman–Crippen LogP) is 4.12. The molecule has 0 bridgehead atoms. The van der Waals surface area contributed by atoms with Crippen molar-refractivity contribution >= 4 is 11.6 Å². The Morgan fingerprint density at radius 2 is 1.86 bits per heavy atom. The highest BCUT2D eigenvalue weighted by atomic mass is 35.5. The van der Waals surface area contributed by atoms with E-state index in [2.05, 4.69) is 10.2 Å². The first-order valence-corrected chi connectivity index (χ1v) is 7.06. The largest absolute Gasteiger partial charge is 0.278 e.